The van der Waals surface area contributed by atoms with Crippen LogP contribution < -0.4 is 4.74 Å². The van der Waals surface area contributed by atoms with E-state index in [2.05, 4.69) is 5.10 Å². The Balaban J connectivity index is 1.98. The minimum atomic E-state index is -4.56. The average molecular weight is 423 g/mol. The first-order valence-electron chi connectivity index (χ1n) is 8.71. The number of hydrogen-bond donors (Lipinski definition) is 0. The quantitative estimate of drug-likeness (QED) is 0.508. The second kappa shape index (κ2) is 7.91. The third-order valence-corrected chi connectivity index (χ3v) is 5.06. The number of aromatic nitrogens is 2. The predicted octanol–water partition coefficient (Wildman–Crippen LogP) is 5.52. The van der Waals surface area contributed by atoms with Gasteiger partial charge in [0.25, 0.3) is 0 Å². The fourth-order valence-corrected chi connectivity index (χ4v) is 3.42. The van der Waals surface area contributed by atoms with Crippen molar-refractivity contribution in [3.8, 4) is 5.88 Å². The Morgan fingerprint density at radius 3 is 2.45 bits per heavy atom. The van der Waals surface area contributed by atoms with Gasteiger partial charge in [-0.1, -0.05) is 41.9 Å². The van der Waals surface area contributed by atoms with E-state index in [9.17, 15) is 18.0 Å². The molecule has 0 atom stereocenters. The minimum absolute atomic E-state index is 0.0211. The molecule has 1 aromatic heterocycles. The number of carbonyl (C=O) groups is 1. The average Bonchev–Trinajstić information content (AvgIpc) is 3.02. The molecule has 0 amide bonds. The van der Waals surface area contributed by atoms with E-state index in [1.54, 1.807) is 7.05 Å². The molecule has 0 aliphatic carbocycles. The van der Waals surface area contributed by atoms with Crippen molar-refractivity contribution in [3.63, 3.8) is 0 Å². The highest BCUT2D eigenvalue weighted by Gasteiger charge is 2.36. The van der Waals surface area contributed by atoms with E-state index < -0.39 is 17.5 Å². The van der Waals surface area contributed by atoms with Gasteiger partial charge in [-0.15, -0.1) is 0 Å². The smallest absolute Gasteiger partial charge is 0.416 e. The second-order valence-corrected chi connectivity index (χ2v) is 7.02. The molecule has 0 aliphatic heterocycles. The molecule has 1 heterocycles. The predicted molar refractivity (Wildman–Crippen MR) is 103 cm³/mol. The number of ether oxygens (including phenoxy) is 1. The van der Waals surface area contributed by atoms with Crippen molar-refractivity contribution in [2.45, 2.75) is 26.6 Å². The lowest BCUT2D eigenvalue weighted by molar-refractivity contribution is -0.138. The third kappa shape index (κ3) is 4.15. The molecule has 0 saturated carbocycles. The van der Waals surface area contributed by atoms with Crippen molar-refractivity contribution in [2.75, 3.05) is 0 Å². The van der Waals surface area contributed by atoms with Crippen molar-refractivity contribution in [1.29, 1.82) is 0 Å². The minimum Gasteiger partial charge on any atom is -0.472 e. The van der Waals surface area contributed by atoms with Gasteiger partial charge in [-0.3, -0.25) is 4.79 Å². The maximum atomic E-state index is 13.3. The lowest BCUT2D eigenvalue weighted by Gasteiger charge is -2.17. The Morgan fingerprint density at radius 1 is 1.17 bits per heavy atom. The Bertz CT molecular complexity index is 1060. The van der Waals surface area contributed by atoms with Crippen LogP contribution in [0.5, 0.6) is 5.88 Å². The Labute approximate surface area is 170 Å². The van der Waals surface area contributed by atoms with E-state index >= 15 is 0 Å². The molecule has 0 unspecified atom stereocenters. The standard InChI is InChI=1S/C21H18ClF3N2O2/c1-12-9-15(18(22)13(2)17(12)21(23,24)25)19(28)16-10-26-27(3)20(16)29-11-14-7-5-4-6-8-14/h4-10H,11H2,1-3H3. The molecule has 0 saturated heterocycles. The Kier molecular flexibility index (Phi) is 5.71. The van der Waals surface area contributed by atoms with Gasteiger partial charge in [0.15, 0.2) is 0 Å². The number of hydrogen-bond acceptors (Lipinski definition) is 3. The van der Waals surface area contributed by atoms with Crippen LogP contribution in [0.4, 0.5) is 13.2 Å². The highest BCUT2D eigenvalue weighted by Crippen LogP contribution is 2.39. The van der Waals surface area contributed by atoms with E-state index in [1.165, 1.54) is 24.7 Å². The summed E-state index contributed by atoms with van der Waals surface area (Å²) in [6.45, 7) is 2.77. The maximum absolute atomic E-state index is 13.3. The third-order valence-electron chi connectivity index (χ3n) is 4.57. The molecule has 0 radical (unpaired) electrons. The zero-order valence-corrected chi connectivity index (χ0v) is 16.7. The fraction of sp³-hybridized carbons (Fsp3) is 0.238. The molecule has 8 heteroatoms. The summed E-state index contributed by atoms with van der Waals surface area (Å²) in [5.41, 5.74) is -0.0789. The van der Waals surface area contributed by atoms with E-state index in [0.29, 0.717) is 0 Å². The molecule has 0 fully saturated rings. The molecule has 4 nitrogen and oxygen atoms in total. The summed E-state index contributed by atoms with van der Waals surface area (Å²) in [5.74, 6) is -0.337. The molecular formula is C21H18ClF3N2O2. The number of rotatable bonds is 5. The summed E-state index contributed by atoms with van der Waals surface area (Å²) in [6.07, 6.45) is -3.24. The lowest BCUT2D eigenvalue weighted by Crippen LogP contribution is -2.14. The number of halogens is 4. The van der Waals surface area contributed by atoms with Crippen molar-refractivity contribution in [3.05, 3.63) is 81.0 Å². The number of alkyl halides is 3. The topological polar surface area (TPSA) is 44.1 Å². The molecule has 29 heavy (non-hydrogen) atoms. The summed E-state index contributed by atoms with van der Waals surface area (Å²) in [5, 5.41) is 3.82. The first kappa shape index (κ1) is 20.9. The Hall–Kier alpha value is -2.80. The largest absolute Gasteiger partial charge is 0.472 e. The number of nitrogens with zero attached hydrogens (tertiary/aromatic N) is 2. The molecule has 2 aromatic carbocycles. The number of benzene rings is 2. The van der Waals surface area contributed by atoms with Crippen LogP contribution in [0.2, 0.25) is 5.02 Å². The molecule has 3 aromatic rings. The van der Waals surface area contributed by atoms with Crippen molar-refractivity contribution < 1.29 is 22.7 Å². The van der Waals surface area contributed by atoms with Crippen LogP contribution in [0.15, 0.2) is 42.6 Å². The summed E-state index contributed by atoms with van der Waals surface area (Å²) < 4.78 is 47.1. The molecular weight excluding hydrogens is 405 g/mol. The highest BCUT2D eigenvalue weighted by molar-refractivity contribution is 6.36. The molecule has 152 valence electrons. The number of aryl methyl sites for hydroxylation is 2. The summed E-state index contributed by atoms with van der Waals surface area (Å²) in [7, 11) is 1.61. The van der Waals surface area contributed by atoms with Gasteiger partial charge in [0.05, 0.1) is 16.8 Å². The van der Waals surface area contributed by atoms with E-state index in [4.69, 9.17) is 16.3 Å². The maximum Gasteiger partial charge on any atom is 0.416 e. The zero-order valence-electron chi connectivity index (χ0n) is 16.0. The summed E-state index contributed by atoms with van der Waals surface area (Å²) in [4.78, 5) is 13.1. The summed E-state index contributed by atoms with van der Waals surface area (Å²) >= 11 is 6.16. The monoisotopic (exact) mass is 422 g/mol. The first-order chi connectivity index (χ1) is 13.6. The molecule has 0 N–H and O–H groups in total. The van der Waals surface area contributed by atoms with Gasteiger partial charge in [-0.05, 0) is 36.6 Å². The van der Waals surface area contributed by atoms with Crippen molar-refractivity contribution in [2.24, 2.45) is 7.05 Å². The molecule has 0 aliphatic rings. The second-order valence-electron chi connectivity index (χ2n) is 6.64. The van der Waals surface area contributed by atoms with Crippen LogP contribution in [-0.2, 0) is 19.8 Å². The van der Waals surface area contributed by atoms with Crippen LogP contribution in [0.25, 0.3) is 0 Å². The van der Waals surface area contributed by atoms with Crippen LogP contribution in [0.1, 0.15) is 38.2 Å². The molecule has 0 spiro atoms. The highest BCUT2D eigenvalue weighted by atomic mass is 35.5. The van der Waals surface area contributed by atoms with E-state index in [-0.39, 0.29) is 39.8 Å². The number of ketones is 1. The number of carbonyl (C=O) groups excluding carboxylic acids is 1. The van der Waals surface area contributed by atoms with E-state index in [0.717, 1.165) is 11.6 Å². The van der Waals surface area contributed by atoms with Crippen LogP contribution in [0, 0.1) is 13.8 Å². The Morgan fingerprint density at radius 2 is 1.83 bits per heavy atom. The van der Waals surface area contributed by atoms with E-state index in [1.807, 2.05) is 30.3 Å². The van der Waals surface area contributed by atoms with Gasteiger partial charge in [-0.2, -0.15) is 18.3 Å². The molecule has 0 bridgehead atoms. The fourth-order valence-electron chi connectivity index (χ4n) is 3.19. The van der Waals surface area contributed by atoms with Gasteiger partial charge >= 0.3 is 6.18 Å². The van der Waals surface area contributed by atoms with Crippen molar-refractivity contribution in [1.82, 2.24) is 9.78 Å². The van der Waals surface area contributed by atoms with Gasteiger partial charge < -0.3 is 4.74 Å². The van der Waals surface area contributed by atoms with Crippen LogP contribution in [0.3, 0.4) is 0 Å². The SMILES string of the molecule is Cc1cc(C(=O)c2cnn(C)c2OCc2ccccc2)c(Cl)c(C)c1C(F)(F)F. The zero-order chi connectivity index (χ0) is 21.3. The normalized spacial score (nSPS) is 11.6. The summed E-state index contributed by atoms with van der Waals surface area (Å²) in [6, 6.07) is 10.5. The lowest BCUT2D eigenvalue weighted by atomic mass is 9.95. The van der Waals surface area contributed by atoms with Crippen molar-refractivity contribution >= 4 is 17.4 Å². The van der Waals surface area contributed by atoms with Crippen LogP contribution in [-0.4, -0.2) is 15.6 Å². The first-order valence-corrected chi connectivity index (χ1v) is 9.09. The van der Waals surface area contributed by atoms with Gasteiger partial charge in [0.1, 0.15) is 12.2 Å². The van der Waals surface area contributed by atoms with Crippen LogP contribution >= 0.6 is 11.6 Å². The van der Waals surface area contributed by atoms with Gasteiger partial charge in [0.2, 0.25) is 11.7 Å². The van der Waals surface area contributed by atoms with Gasteiger partial charge in [-0.25, -0.2) is 4.68 Å². The molecule has 3 rings (SSSR count). The van der Waals surface area contributed by atoms with Gasteiger partial charge in [0, 0.05) is 12.6 Å².